The van der Waals surface area contributed by atoms with Gasteiger partial charge in [-0.25, -0.2) is 0 Å². The number of rotatable bonds is 7. The van der Waals surface area contributed by atoms with E-state index in [0.717, 1.165) is 22.3 Å². The van der Waals surface area contributed by atoms with Gasteiger partial charge < -0.3 is 4.74 Å². The number of carbonyl (C=O) groups excluding carboxylic acids is 2. The Morgan fingerprint density at radius 1 is 0.821 bits per heavy atom. The summed E-state index contributed by atoms with van der Waals surface area (Å²) in [6.07, 6.45) is 0.189. The number of ketones is 1. The fourth-order valence-electron chi connectivity index (χ4n) is 3.28. The summed E-state index contributed by atoms with van der Waals surface area (Å²) in [7, 11) is 0. The Morgan fingerprint density at radius 2 is 1.39 bits per heavy atom. The van der Waals surface area contributed by atoms with Gasteiger partial charge in [0.05, 0.1) is 6.42 Å². The Balaban J connectivity index is 1.69. The van der Waals surface area contributed by atoms with Crippen molar-refractivity contribution in [3.63, 3.8) is 0 Å². The molecule has 3 aromatic rings. The number of benzene rings is 3. The molecule has 0 saturated carbocycles. The van der Waals surface area contributed by atoms with Crippen molar-refractivity contribution in [3.8, 4) is 0 Å². The summed E-state index contributed by atoms with van der Waals surface area (Å²) in [5, 5.41) is 0. The van der Waals surface area contributed by atoms with Crippen molar-refractivity contribution in [2.75, 3.05) is 6.61 Å². The third-order valence-electron chi connectivity index (χ3n) is 4.83. The Hall–Kier alpha value is -3.20. The first-order valence-corrected chi connectivity index (χ1v) is 9.40. The molecule has 0 aliphatic heterocycles. The number of hydrogen-bond acceptors (Lipinski definition) is 3. The van der Waals surface area contributed by atoms with Crippen LogP contribution < -0.4 is 0 Å². The lowest BCUT2D eigenvalue weighted by molar-refractivity contribution is -0.142. The molecular weight excluding hydrogens is 348 g/mol. The molecule has 0 saturated heterocycles. The lowest BCUT2D eigenvalue weighted by Crippen LogP contribution is -2.17. The molecule has 142 valence electrons. The Morgan fingerprint density at radius 3 is 1.96 bits per heavy atom. The first kappa shape index (κ1) is 19.6. The fraction of sp³-hybridized carbons (Fsp3) is 0.200. The van der Waals surface area contributed by atoms with E-state index in [1.165, 1.54) is 0 Å². The molecule has 0 N–H and O–H groups in total. The number of carbonyl (C=O) groups is 2. The first-order chi connectivity index (χ1) is 13.5. The van der Waals surface area contributed by atoms with Gasteiger partial charge in [-0.2, -0.15) is 0 Å². The van der Waals surface area contributed by atoms with E-state index >= 15 is 0 Å². The summed E-state index contributed by atoms with van der Waals surface area (Å²) in [6, 6.07) is 25.5. The molecule has 0 atom stereocenters. The maximum absolute atomic E-state index is 12.5. The highest BCUT2D eigenvalue weighted by Crippen LogP contribution is 2.28. The van der Waals surface area contributed by atoms with Crippen LogP contribution in [-0.4, -0.2) is 18.4 Å². The minimum atomic E-state index is -0.378. The van der Waals surface area contributed by atoms with E-state index in [2.05, 4.69) is 0 Å². The number of Topliss-reactive ketones (excluding diaryl/α,β-unsaturated/α-hetero) is 1. The van der Waals surface area contributed by atoms with E-state index in [4.69, 9.17) is 4.74 Å². The number of ether oxygens (including phenoxy) is 1. The largest absolute Gasteiger partial charge is 0.457 e. The Labute approximate surface area is 166 Å². The summed E-state index contributed by atoms with van der Waals surface area (Å²) in [6.45, 7) is 3.58. The molecule has 0 unspecified atom stereocenters. The van der Waals surface area contributed by atoms with Gasteiger partial charge in [0.1, 0.15) is 0 Å². The predicted octanol–water partition coefficient (Wildman–Crippen LogP) is 5.25. The van der Waals surface area contributed by atoms with Gasteiger partial charge in [-0.3, -0.25) is 9.59 Å². The van der Waals surface area contributed by atoms with Gasteiger partial charge in [0, 0.05) is 11.5 Å². The summed E-state index contributed by atoms with van der Waals surface area (Å²) in [4.78, 5) is 25.0. The van der Waals surface area contributed by atoms with Gasteiger partial charge in [-0.1, -0.05) is 78.4 Å². The van der Waals surface area contributed by atoms with Crippen LogP contribution in [0.15, 0.2) is 78.9 Å². The van der Waals surface area contributed by atoms with Crippen molar-refractivity contribution in [1.82, 2.24) is 0 Å². The molecule has 3 rings (SSSR count). The van der Waals surface area contributed by atoms with Crippen molar-refractivity contribution in [2.24, 2.45) is 0 Å². The molecule has 0 amide bonds. The van der Waals surface area contributed by atoms with Crippen LogP contribution in [0.1, 0.15) is 45.0 Å². The molecule has 0 radical (unpaired) electrons. The maximum Gasteiger partial charge on any atom is 0.307 e. The van der Waals surface area contributed by atoms with Crippen LogP contribution in [0.2, 0.25) is 0 Å². The quantitative estimate of drug-likeness (QED) is 0.420. The van der Waals surface area contributed by atoms with E-state index in [0.29, 0.717) is 5.56 Å². The molecule has 3 aromatic carbocycles. The third kappa shape index (κ3) is 4.95. The monoisotopic (exact) mass is 372 g/mol. The highest BCUT2D eigenvalue weighted by Gasteiger charge is 2.20. The first-order valence-electron chi connectivity index (χ1n) is 9.40. The van der Waals surface area contributed by atoms with E-state index < -0.39 is 0 Å². The van der Waals surface area contributed by atoms with E-state index in [9.17, 15) is 9.59 Å². The highest BCUT2D eigenvalue weighted by atomic mass is 16.5. The van der Waals surface area contributed by atoms with Crippen molar-refractivity contribution < 1.29 is 14.3 Å². The molecule has 28 heavy (non-hydrogen) atoms. The predicted molar refractivity (Wildman–Crippen MR) is 111 cm³/mol. The van der Waals surface area contributed by atoms with Gasteiger partial charge in [0.2, 0.25) is 5.78 Å². The second-order valence-electron chi connectivity index (χ2n) is 6.98. The Kier molecular flexibility index (Phi) is 6.38. The maximum atomic E-state index is 12.5. The van der Waals surface area contributed by atoms with Gasteiger partial charge in [0.25, 0.3) is 0 Å². The van der Waals surface area contributed by atoms with Crippen LogP contribution in [0.5, 0.6) is 0 Å². The molecule has 3 heteroatoms. The molecule has 0 aliphatic rings. The van der Waals surface area contributed by atoms with Gasteiger partial charge >= 0.3 is 5.97 Å². The lowest BCUT2D eigenvalue weighted by Gasteiger charge is -2.17. The molecule has 0 bridgehead atoms. The fourth-order valence-corrected chi connectivity index (χ4v) is 3.28. The van der Waals surface area contributed by atoms with Crippen molar-refractivity contribution in [2.45, 2.75) is 26.2 Å². The van der Waals surface area contributed by atoms with E-state index in [-0.39, 0.29) is 30.7 Å². The molecule has 0 aromatic heterocycles. The van der Waals surface area contributed by atoms with Crippen molar-refractivity contribution in [3.05, 3.63) is 107 Å². The normalized spacial score (nSPS) is 10.7. The second kappa shape index (κ2) is 9.14. The van der Waals surface area contributed by atoms with Gasteiger partial charge in [-0.15, -0.1) is 0 Å². The van der Waals surface area contributed by atoms with Crippen LogP contribution in [0, 0.1) is 13.8 Å². The molecule has 0 spiro atoms. The summed E-state index contributed by atoms with van der Waals surface area (Å²) >= 11 is 0. The minimum Gasteiger partial charge on any atom is -0.457 e. The zero-order chi connectivity index (χ0) is 19.9. The second-order valence-corrected chi connectivity index (χ2v) is 6.98. The van der Waals surface area contributed by atoms with Crippen LogP contribution >= 0.6 is 0 Å². The zero-order valence-corrected chi connectivity index (χ0v) is 16.2. The molecule has 0 fully saturated rings. The van der Waals surface area contributed by atoms with Crippen molar-refractivity contribution >= 4 is 11.8 Å². The average molecular weight is 372 g/mol. The number of aryl methyl sites for hydroxylation is 2. The molecule has 0 aliphatic carbocycles. The van der Waals surface area contributed by atoms with E-state index in [1.807, 2.05) is 92.7 Å². The summed E-state index contributed by atoms with van der Waals surface area (Å²) in [5.41, 5.74) is 4.60. The van der Waals surface area contributed by atoms with Crippen molar-refractivity contribution in [1.29, 1.82) is 0 Å². The van der Waals surface area contributed by atoms with Gasteiger partial charge in [-0.05, 0) is 36.6 Å². The standard InChI is InChI=1S/C25H24O3/c1-18-13-14-19(2)22(15-18)24(26)17-28-25(27)16-23(20-9-5-3-6-10-20)21-11-7-4-8-12-21/h3-15,23H,16-17H2,1-2H3. The topological polar surface area (TPSA) is 43.4 Å². The smallest absolute Gasteiger partial charge is 0.307 e. The molecule has 0 heterocycles. The van der Waals surface area contributed by atoms with E-state index in [1.54, 1.807) is 0 Å². The molecule has 3 nitrogen and oxygen atoms in total. The minimum absolute atomic E-state index is 0.106. The zero-order valence-electron chi connectivity index (χ0n) is 16.2. The molecular formula is C25H24O3. The van der Waals surface area contributed by atoms with Crippen LogP contribution in [0.25, 0.3) is 0 Å². The van der Waals surface area contributed by atoms with Gasteiger partial charge in [0.15, 0.2) is 6.61 Å². The lowest BCUT2D eigenvalue weighted by atomic mass is 9.88. The SMILES string of the molecule is Cc1ccc(C)c(C(=O)COC(=O)CC(c2ccccc2)c2ccccc2)c1. The number of hydrogen-bond donors (Lipinski definition) is 0. The van der Waals surface area contributed by atoms with Crippen LogP contribution in [0.3, 0.4) is 0 Å². The van der Waals surface area contributed by atoms with Crippen LogP contribution in [0.4, 0.5) is 0 Å². The van der Waals surface area contributed by atoms with Crippen LogP contribution in [-0.2, 0) is 9.53 Å². The Bertz CT molecular complexity index is 907. The number of esters is 1. The summed E-state index contributed by atoms with van der Waals surface area (Å²) in [5.74, 6) is -0.660. The summed E-state index contributed by atoms with van der Waals surface area (Å²) < 4.78 is 5.34. The average Bonchev–Trinajstić information content (AvgIpc) is 2.73. The third-order valence-corrected chi connectivity index (χ3v) is 4.83. The highest BCUT2D eigenvalue weighted by molar-refractivity contribution is 5.99.